The highest BCUT2D eigenvalue weighted by Crippen LogP contribution is 2.22. The van der Waals surface area contributed by atoms with Gasteiger partial charge in [0.25, 0.3) is 0 Å². The summed E-state index contributed by atoms with van der Waals surface area (Å²) < 4.78 is 0. The summed E-state index contributed by atoms with van der Waals surface area (Å²) in [7, 11) is 0. The molecule has 1 saturated carbocycles. The third kappa shape index (κ3) is 2.76. The Morgan fingerprint density at radius 2 is 2.11 bits per heavy atom. The Hall–Kier alpha value is -1.89. The maximum Gasteiger partial charge on any atom is 0.320 e. The van der Waals surface area contributed by atoms with Gasteiger partial charge in [0.05, 0.1) is 6.10 Å². The van der Waals surface area contributed by atoms with Gasteiger partial charge in [0.1, 0.15) is 5.82 Å². The number of urea groups is 1. The first-order valence-electron chi connectivity index (χ1n) is 6.56. The molecule has 7 heteroatoms. The van der Waals surface area contributed by atoms with Gasteiger partial charge in [-0.1, -0.05) is 0 Å². The molecule has 2 amide bonds. The van der Waals surface area contributed by atoms with E-state index in [-0.39, 0.29) is 12.1 Å². The molecule has 19 heavy (non-hydrogen) atoms. The molecular formula is C12H17N5O2. The van der Waals surface area contributed by atoms with E-state index in [1.165, 1.54) is 0 Å². The van der Waals surface area contributed by atoms with Gasteiger partial charge in [-0.15, -0.1) is 0 Å². The molecule has 7 nitrogen and oxygen atoms in total. The quantitative estimate of drug-likeness (QED) is 0.633. The second-order valence-electron chi connectivity index (χ2n) is 5.02. The minimum Gasteiger partial charge on any atom is -0.393 e. The molecule has 4 N–H and O–H groups in total. The lowest BCUT2D eigenvalue weighted by atomic mass is 9.93. The maximum absolute atomic E-state index is 11.2. The zero-order valence-electron chi connectivity index (χ0n) is 10.5. The van der Waals surface area contributed by atoms with Crippen molar-refractivity contribution in [1.82, 2.24) is 15.3 Å². The number of aromatic nitrogens is 2. The van der Waals surface area contributed by atoms with E-state index in [0.29, 0.717) is 24.4 Å². The van der Waals surface area contributed by atoms with Crippen LogP contribution in [0.3, 0.4) is 0 Å². The number of carbonyl (C=O) groups excluding carboxylic acids is 1. The molecule has 3 rings (SSSR count). The second-order valence-corrected chi connectivity index (χ2v) is 5.02. The smallest absolute Gasteiger partial charge is 0.320 e. The van der Waals surface area contributed by atoms with Crippen molar-refractivity contribution in [3.05, 3.63) is 11.8 Å². The number of hydrogen-bond donors (Lipinski definition) is 4. The highest BCUT2D eigenvalue weighted by atomic mass is 16.3. The lowest BCUT2D eigenvalue weighted by Crippen LogP contribution is -2.34. The zero-order chi connectivity index (χ0) is 13.2. The van der Waals surface area contributed by atoms with Gasteiger partial charge in [0.15, 0.2) is 0 Å². The predicted molar refractivity (Wildman–Crippen MR) is 69.8 cm³/mol. The van der Waals surface area contributed by atoms with Crippen LogP contribution in [0.2, 0.25) is 0 Å². The van der Waals surface area contributed by atoms with Gasteiger partial charge in [0.2, 0.25) is 5.95 Å². The molecule has 2 aliphatic rings. The Labute approximate surface area is 110 Å². The number of carbonyl (C=O) groups is 1. The van der Waals surface area contributed by atoms with Crippen LogP contribution in [0.5, 0.6) is 0 Å². The Balaban J connectivity index is 1.68. The van der Waals surface area contributed by atoms with E-state index in [2.05, 4.69) is 25.9 Å². The van der Waals surface area contributed by atoms with Gasteiger partial charge in [-0.05, 0) is 25.7 Å². The van der Waals surface area contributed by atoms with E-state index in [0.717, 1.165) is 31.2 Å². The summed E-state index contributed by atoms with van der Waals surface area (Å²) in [6.07, 6.45) is 4.99. The van der Waals surface area contributed by atoms with Crippen LogP contribution in [0.4, 0.5) is 16.6 Å². The number of aliphatic hydroxyl groups is 1. The molecule has 0 radical (unpaired) electrons. The third-order valence-corrected chi connectivity index (χ3v) is 3.57. The maximum atomic E-state index is 11.2. The average Bonchev–Trinajstić information content (AvgIpc) is 2.41. The van der Waals surface area contributed by atoms with E-state index in [1.807, 2.05) is 0 Å². The van der Waals surface area contributed by atoms with Gasteiger partial charge >= 0.3 is 6.03 Å². The topological polar surface area (TPSA) is 99.2 Å². The number of nitrogens with zero attached hydrogens (tertiary/aromatic N) is 2. The highest BCUT2D eigenvalue weighted by molar-refractivity contribution is 5.91. The van der Waals surface area contributed by atoms with Crippen molar-refractivity contribution in [3.63, 3.8) is 0 Å². The highest BCUT2D eigenvalue weighted by Gasteiger charge is 2.21. The third-order valence-electron chi connectivity index (χ3n) is 3.57. The van der Waals surface area contributed by atoms with E-state index in [1.54, 1.807) is 6.20 Å². The Kier molecular flexibility index (Phi) is 3.20. The predicted octanol–water partition coefficient (Wildman–Crippen LogP) is 0.827. The van der Waals surface area contributed by atoms with E-state index < -0.39 is 0 Å². The molecule has 1 aliphatic carbocycles. The average molecular weight is 263 g/mol. The summed E-state index contributed by atoms with van der Waals surface area (Å²) in [6, 6.07) is 0.0526. The fraction of sp³-hybridized carbons (Fsp3) is 0.583. The normalized spacial score (nSPS) is 26.1. The summed E-state index contributed by atoms with van der Waals surface area (Å²) in [5.74, 6) is 1.10. The summed E-state index contributed by atoms with van der Waals surface area (Å²) >= 11 is 0. The Morgan fingerprint density at radius 3 is 2.89 bits per heavy atom. The Bertz CT molecular complexity index is 485. The molecule has 0 atom stereocenters. The first-order valence-corrected chi connectivity index (χ1v) is 6.56. The van der Waals surface area contributed by atoms with Crippen molar-refractivity contribution >= 4 is 17.8 Å². The first-order chi connectivity index (χ1) is 9.20. The molecular weight excluding hydrogens is 246 g/mol. The van der Waals surface area contributed by atoms with Crippen molar-refractivity contribution in [2.75, 3.05) is 10.6 Å². The van der Waals surface area contributed by atoms with E-state index in [4.69, 9.17) is 0 Å². The number of amides is 2. The molecule has 0 saturated heterocycles. The van der Waals surface area contributed by atoms with Crippen LogP contribution in [0, 0.1) is 0 Å². The van der Waals surface area contributed by atoms with Gasteiger partial charge in [-0.2, -0.15) is 4.98 Å². The monoisotopic (exact) mass is 263 g/mol. The van der Waals surface area contributed by atoms with Gasteiger partial charge in [-0.25, -0.2) is 9.78 Å². The van der Waals surface area contributed by atoms with Crippen LogP contribution in [-0.2, 0) is 6.54 Å². The molecule has 1 aromatic rings. The molecule has 1 fully saturated rings. The van der Waals surface area contributed by atoms with Crippen molar-refractivity contribution in [2.45, 2.75) is 44.4 Å². The summed E-state index contributed by atoms with van der Waals surface area (Å²) in [5.41, 5.74) is 0.879. The van der Waals surface area contributed by atoms with E-state index >= 15 is 0 Å². The molecule has 1 aromatic heterocycles. The molecule has 0 bridgehead atoms. The number of hydrogen-bond acceptors (Lipinski definition) is 5. The minimum absolute atomic E-state index is 0.173. The Morgan fingerprint density at radius 1 is 1.32 bits per heavy atom. The second kappa shape index (κ2) is 5.00. The fourth-order valence-electron chi connectivity index (χ4n) is 2.44. The summed E-state index contributed by atoms with van der Waals surface area (Å²) in [6.45, 7) is 0.455. The fourth-order valence-corrected chi connectivity index (χ4v) is 2.44. The number of fused-ring (bicyclic) bond motifs is 1. The molecule has 0 aromatic carbocycles. The standard InChI is InChI=1S/C12H17N5O2/c18-9-3-1-8(2-4-9)15-11-13-5-7-6-14-12(19)17-10(7)16-11/h5,8-9,18H,1-4,6H2,(H3,13,14,15,16,17,19)/t8-,9-. The summed E-state index contributed by atoms with van der Waals surface area (Å²) in [5, 5.41) is 18.1. The summed E-state index contributed by atoms with van der Waals surface area (Å²) in [4.78, 5) is 19.8. The van der Waals surface area contributed by atoms with Crippen LogP contribution in [0.15, 0.2) is 6.20 Å². The van der Waals surface area contributed by atoms with Crippen molar-refractivity contribution in [3.8, 4) is 0 Å². The van der Waals surface area contributed by atoms with Crippen LogP contribution >= 0.6 is 0 Å². The number of aliphatic hydroxyl groups excluding tert-OH is 1. The van der Waals surface area contributed by atoms with Gasteiger partial charge in [0, 0.05) is 24.3 Å². The number of nitrogens with one attached hydrogen (secondary N) is 3. The molecule has 0 unspecified atom stereocenters. The molecule has 2 heterocycles. The van der Waals surface area contributed by atoms with Crippen LogP contribution < -0.4 is 16.0 Å². The number of anilines is 2. The SMILES string of the molecule is O=C1NCc2cnc(N[C@H]3CC[C@H](O)CC3)nc2N1. The molecule has 102 valence electrons. The number of rotatable bonds is 2. The van der Waals surface area contributed by atoms with Gasteiger partial charge < -0.3 is 15.7 Å². The van der Waals surface area contributed by atoms with Gasteiger partial charge in [-0.3, -0.25) is 5.32 Å². The van der Waals surface area contributed by atoms with Crippen molar-refractivity contribution in [1.29, 1.82) is 0 Å². The largest absolute Gasteiger partial charge is 0.393 e. The minimum atomic E-state index is -0.238. The van der Waals surface area contributed by atoms with Crippen LogP contribution in [-0.4, -0.2) is 33.3 Å². The van der Waals surface area contributed by atoms with Crippen molar-refractivity contribution in [2.24, 2.45) is 0 Å². The zero-order valence-corrected chi connectivity index (χ0v) is 10.5. The molecule has 0 spiro atoms. The first kappa shape index (κ1) is 12.2. The lowest BCUT2D eigenvalue weighted by Gasteiger charge is -2.26. The van der Waals surface area contributed by atoms with Crippen molar-refractivity contribution < 1.29 is 9.90 Å². The van der Waals surface area contributed by atoms with Crippen LogP contribution in [0.1, 0.15) is 31.2 Å². The van der Waals surface area contributed by atoms with E-state index in [9.17, 15) is 9.90 Å². The molecule has 1 aliphatic heterocycles. The lowest BCUT2D eigenvalue weighted by molar-refractivity contribution is 0.126. The van der Waals surface area contributed by atoms with Crippen LogP contribution in [0.25, 0.3) is 0 Å².